The van der Waals surface area contributed by atoms with Gasteiger partial charge in [-0.2, -0.15) is 0 Å². The number of allylic oxidation sites excluding steroid dienone is 3. The van der Waals surface area contributed by atoms with Crippen molar-refractivity contribution in [1.29, 1.82) is 0 Å². The standard InChI is InChI=1S/C35H43ClN4O2/c1-10-15-40-33(42)28-17-39(32(41)27-14-13-26(36)16-19(27)2)18-35(8,9)31(28)38-34(40)37-24(7)29-21(4)20(3)22(5)30(23(29)6)25-11-12-25/h1,13-14,16,19,24-25,27H,11-12,15,17-18H2,2-9H3,(H,37,38). The van der Waals surface area contributed by atoms with E-state index in [9.17, 15) is 9.59 Å². The van der Waals surface area contributed by atoms with Crippen molar-refractivity contribution in [1.82, 2.24) is 14.5 Å². The molecule has 3 unspecified atom stereocenters. The minimum atomic E-state index is -0.530. The van der Waals surface area contributed by atoms with Gasteiger partial charge in [0.05, 0.1) is 36.3 Å². The first-order chi connectivity index (χ1) is 19.8. The van der Waals surface area contributed by atoms with E-state index in [0.29, 0.717) is 29.0 Å². The summed E-state index contributed by atoms with van der Waals surface area (Å²) < 4.78 is 1.55. The van der Waals surface area contributed by atoms with Crippen LogP contribution < -0.4 is 10.9 Å². The largest absolute Gasteiger partial charge is 0.349 e. The first-order valence-electron chi connectivity index (χ1n) is 15.0. The zero-order valence-corrected chi connectivity index (χ0v) is 26.9. The minimum Gasteiger partial charge on any atom is -0.349 e. The van der Waals surface area contributed by atoms with Gasteiger partial charge in [0, 0.05) is 17.0 Å². The van der Waals surface area contributed by atoms with Crippen LogP contribution in [0.15, 0.2) is 28.1 Å². The van der Waals surface area contributed by atoms with Crippen LogP contribution in [0, 0.1) is 51.9 Å². The van der Waals surface area contributed by atoms with Gasteiger partial charge in [0.2, 0.25) is 11.9 Å². The monoisotopic (exact) mass is 586 g/mol. The number of halogens is 1. The third kappa shape index (κ3) is 5.22. The van der Waals surface area contributed by atoms with Gasteiger partial charge in [-0.25, -0.2) is 4.98 Å². The lowest BCUT2D eigenvalue weighted by Crippen LogP contribution is -2.51. The Morgan fingerprint density at radius 2 is 1.88 bits per heavy atom. The van der Waals surface area contributed by atoms with Gasteiger partial charge in [0.25, 0.3) is 5.56 Å². The molecule has 1 N–H and O–H groups in total. The third-order valence-corrected chi connectivity index (χ3v) is 9.89. The number of anilines is 1. The quantitative estimate of drug-likeness (QED) is 0.381. The zero-order chi connectivity index (χ0) is 30.7. The number of amides is 1. The molecule has 2 heterocycles. The molecular weight excluding hydrogens is 544 g/mol. The lowest BCUT2D eigenvalue weighted by atomic mass is 9.81. The molecule has 42 heavy (non-hydrogen) atoms. The van der Waals surface area contributed by atoms with E-state index in [1.165, 1.54) is 46.2 Å². The van der Waals surface area contributed by atoms with Crippen molar-refractivity contribution in [2.24, 2.45) is 11.8 Å². The Morgan fingerprint density at radius 1 is 1.19 bits per heavy atom. The molecule has 1 aliphatic heterocycles. The van der Waals surface area contributed by atoms with Crippen LogP contribution in [0.3, 0.4) is 0 Å². The lowest BCUT2D eigenvalue weighted by molar-refractivity contribution is -0.137. The van der Waals surface area contributed by atoms with Crippen LogP contribution in [-0.4, -0.2) is 26.9 Å². The molecule has 0 radical (unpaired) electrons. The van der Waals surface area contributed by atoms with Gasteiger partial charge >= 0.3 is 0 Å². The maximum atomic E-state index is 14.1. The summed E-state index contributed by atoms with van der Waals surface area (Å²) in [5.74, 6) is 3.41. The number of nitrogens with one attached hydrogen (secondary N) is 1. The fraction of sp³-hybridized carbons (Fsp3) is 0.514. The average molecular weight is 587 g/mol. The predicted molar refractivity (Wildman–Crippen MR) is 171 cm³/mol. The van der Waals surface area contributed by atoms with Gasteiger partial charge < -0.3 is 10.2 Å². The second kappa shape index (κ2) is 11.1. The highest BCUT2D eigenvalue weighted by molar-refractivity contribution is 6.31. The van der Waals surface area contributed by atoms with Crippen molar-refractivity contribution >= 4 is 23.5 Å². The van der Waals surface area contributed by atoms with E-state index in [4.69, 9.17) is 23.0 Å². The van der Waals surface area contributed by atoms with Crippen LogP contribution in [-0.2, 0) is 23.3 Å². The smallest absolute Gasteiger partial charge is 0.261 e. The molecule has 3 aliphatic rings. The number of hydrogen-bond donors (Lipinski definition) is 1. The van der Waals surface area contributed by atoms with Crippen LogP contribution in [0.4, 0.5) is 5.95 Å². The summed E-state index contributed by atoms with van der Waals surface area (Å²) in [4.78, 5) is 34.6. The number of carbonyl (C=O) groups excluding carboxylic acids is 1. The summed E-state index contributed by atoms with van der Waals surface area (Å²) in [6.07, 6.45) is 13.8. The number of benzene rings is 1. The topological polar surface area (TPSA) is 67.2 Å². The normalized spacial score (nSPS) is 21.8. The van der Waals surface area contributed by atoms with Crippen LogP contribution in [0.25, 0.3) is 0 Å². The van der Waals surface area contributed by atoms with Crippen LogP contribution in [0.1, 0.15) is 97.1 Å². The molecular formula is C35H43ClN4O2. The van der Waals surface area contributed by atoms with Crippen molar-refractivity contribution in [3.63, 3.8) is 0 Å². The minimum absolute atomic E-state index is 0.0104. The van der Waals surface area contributed by atoms with Crippen LogP contribution in [0.2, 0.25) is 0 Å². The molecule has 1 fully saturated rings. The predicted octanol–water partition coefficient (Wildman–Crippen LogP) is 6.73. The van der Waals surface area contributed by atoms with E-state index < -0.39 is 5.41 Å². The Balaban J connectivity index is 1.53. The van der Waals surface area contributed by atoms with E-state index in [1.807, 2.05) is 32.9 Å². The molecule has 5 rings (SSSR count). The molecule has 0 spiro atoms. The number of aromatic nitrogens is 2. The molecule has 0 bridgehead atoms. The van der Waals surface area contributed by atoms with E-state index in [-0.39, 0.29) is 42.4 Å². The lowest BCUT2D eigenvalue weighted by Gasteiger charge is -2.41. The van der Waals surface area contributed by atoms with Gasteiger partial charge in [-0.1, -0.05) is 50.4 Å². The number of terminal acetylenes is 1. The molecule has 222 valence electrons. The third-order valence-electron chi connectivity index (χ3n) is 9.64. The van der Waals surface area contributed by atoms with Crippen molar-refractivity contribution in [3.05, 3.63) is 78.3 Å². The Hall–Kier alpha value is -3.30. The molecule has 6 nitrogen and oxygen atoms in total. The fourth-order valence-electron chi connectivity index (χ4n) is 7.19. The molecule has 2 aromatic rings. The van der Waals surface area contributed by atoms with Crippen molar-refractivity contribution in [2.75, 3.05) is 11.9 Å². The summed E-state index contributed by atoms with van der Waals surface area (Å²) in [6.45, 7) is 17.9. The Morgan fingerprint density at radius 3 is 2.50 bits per heavy atom. The number of rotatable bonds is 6. The first kappa shape index (κ1) is 30.2. The molecule has 1 saturated carbocycles. The van der Waals surface area contributed by atoms with Gasteiger partial charge in [-0.15, -0.1) is 6.42 Å². The van der Waals surface area contributed by atoms with E-state index in [2.05, 4.69) is 45.9 Å². The summed E-state index contributed by atoms with van der Waals surface area (Å²) in [5, 5.41) is 4.24. The van der Waals surface area contributed by atoms with E-state index >= 15 is 0 Å². The molecule has 2 aliphatic carbocycles. The summed E-state index contributed by atoms with van der Waals surface area (Å²) >= 11 is 6.17. The van der Waals surface area contributed by atoms with Crippen molar-refractivity contribution < 1.29 is 4.79 Å². The molecule has 0 saturated heterocycles. The highest BCUT2D eigenvalue weighted by Gasteiger charge is 2.40. The number of carbonyl (C=O) groups is 1. The van der Waals surface area contributed by atoms with Crippen molar-refractivity contribution in [3.8, 4) is 12.3 Å². The van der Waals surface area contributed by atoms with Crippen LogP contribution in [0.5, 0.6) is 0 Å². The van der Waals surface area contributed by atoms with Gasteiger partial charge in [0.15, 0.2) is 0 Å². The highest BCUT2D eigenvalue weighted by atomic mass is 35.5. The molecule has 3 atom stereocenters. The van der Waals surface area contributed by atoms with Gasteiger partial charge in [-0.05, 0) is 98.8 Å². The molecule has 1 amide bonds. The fourth-order valence-corrected chi connectivity index (χ4v) is 7.46. The van der Waals surface area contributed by atoms with Gasteiger partial charge in [-0.3, -0.25) is 14.2 Å². The Kier molecular flexibility index (Phi) is 7.96. The summed E-state index contributed by atoms with van der Waals surface area (Å²) in [6, 6.07) is -0.0833. The Labute approximate surface area is 255 Å². The van der Waals surface area contributed by atoms with E-state index in [0.717, 1.165) is 5.69 Å². The second-order valence-corrected chi connectivity index (χ2v) is 13.6. The van der Waals surface area contributed by atoms with E-state index in [1.54, 1.807) is 15.5 Å². The summed E-state index contributed by atoms with van der Waals surface area (Å²) in [7, 11) is 0. The maximum Gasteiger partial charge on any atom is 0.261 e. The second-order valence-electron chi connectivity index (χ2n) is 13.2. The highest BCUT2D eigenvalue weighted by Crippen LogP contribution is 2.46. The molecule has 1 aromatic carbocycles. The molecule has 7 heteroatoms. The average Bonchev–Trinajstić information content (AvgIpc) is 3.75. The number of nitrogens with zero attached hydrogens (tertiary/aromatic N) is 3. The SMILES string of the molecule is C#CCn1c(NC(C)c2c(C)c(C)c(C)c(C3CC3)c2C)nc2c(c1=O)CN(C(=O)C1C=CC(Cl)=CC1C)CC2(C)C. The number of hydrogen-bond acceptors (Lipinski definition) is 4. The van der Waals surface area contributed by atoms with Gasteiger partial charge in [0.1, 0.15) is 0 Å². The maximum absolute atomic E-state index is 14.1. The first-order valence-corrected chi connectivity index (χ1v) is 15.4. The zero-order valence-electron chi connectivity index (χ0n) is 26.2. The van der Waals surface area contributed by atoms with Crippen molar-refractivity contribution in [2.45, 2.75) is 98.7 Å². The number of fused-ring (bicyclic) bond motifs is 1. The van der Waals surface area contributed by atoms with Crippen LogP contribution >= 0.6 is 11.6 Å². The Bertz CT molecular complexity index is 1620. The molecule has 1 aromatic heterocycles. The summed E-state index contributed by atoms with van der Waals surface area (Å²) in [5.41, 5.74) is 8.61.